The highest BCUT2D eigenvalue weighted by Gasteiger charge is 2.30. The number of anilines is 1. The summed E-state index contributed by atoms with van der Waals surface area (Å²) in [5.74, 6) is 0.810. The normalized spacial score (nSPS) is 15.5. The average Bonchev–Trinajstić information content (AvgIpc) is 2.63. The second-order valence-corrected chi connectivity index (χ2v) is 8.71. The molecule has 0 spiro atoms. The lowest BCUT2D eigenvalue weighted by Crippen LogP contribution is -2.18. The summed E-state index contributed by atoms with van der Waals surface area (Å²) in [7, 11) is -3.39. The molecule has 0 aliphatic carbocycles. The summed E-state index contributed by atoms with van der Waals surface area (Å²) in [4.78, 5) is 0. The van der Waals surface area contributed by atoms with Crippen molar-refractivity contribution in [2.75, 3.05) is 11.0 Å². The zero-order chi connectivity index (χ0) is 18.3. The Balaban J connectivity index is 1.96. The molecule has 6 heteroatoms. The first-order valence-corrected chi connectivity index (χ1v) is 10.7. The summed E-state index contributed by atoms with van der Waals surface area (Å²) in [6, 6.07) is 21.5. The van der Waals surface area contributed by atoms with Gasteiger partial charge in [0.2, 0.25) is 10.0 Å². The van der Waals surface area contributed by atoms with Gasteiger partial charge >= 0.3 is 0 Å². The lowest BCUT2D eigenvalue weighted by molar-refractivity contribution is 0.243. The lowest BCUT2D eigenvalue weighted by Gasteiger charge is -2.31. The van der Waals surface area contributed by atoms with E-state index < -0.39 is 10.0 Å². The van der Waals surface area contributed by atoms with Crippen LogP contribution in [0.1, 0.15) is 17.2 Å². The Labute approximate surface area is 161 Å². The van der Waals surface area contributed by atoms with Crippen molar-refractivity contribution in [2.45, 2.75) is 6.10 Å². The van der Waals surface area contributed by atoms with Crippen molar-refractivity contribution in [1.82, 2.24) is 0 Å². The fraction of sp³-hybridized carbons (Fsp3) is 0.100. The molecule has 4 nitrogen and oxygen atoms in total. The van der Waals surface area contributed by atoms with Crippen LogP contribution in [-0.4, -0.2) is 14.7 Å². The van der Waals surface area contributed by atoms with E-state index in [4.69, 9.17) is 4.74 Å². The van der Waals surface area contributed by atoms with E-state index >= 15 is 0 Å². The van der Waals surface area contributed by atoms with Gasteiger partial charge in [-0.15, -0.1) is 0 Å². The fourth-order valence-corrected chi connectivity index (χ4v) is 4.56. The number of fused-ring (bicyclic) bond motifs is 3. The van der Waals surface area contributed by atoms with Gasteiger partial charge in [-0.05, 0) is 39.2 Å². The summed E-state index contributed by atoms with van der Waals surface area (Å²) >= 11 is 3.60. The third kappa shape index (κ3) is 3.10. The monoisotopic (exact) mass is 429 g/mol. The number of para-hydroxylation sites is 1. The molecule has 1 unspecified atom stereocenters. The number of benzene rings is 3. The lowest BCUT2D eigenvalue weighted by atomic mass is 9.89. The quantitative estimate of drug-likeness (QED) is 0.639. The van der Waals surface area contributed by atoms with E-state index in [2.05, 4.69) is 20.7 Å². The molecule has 1 N–H and O–H groups in total. The third-order valence-electron chi connectivity index (χ3n) is 4.26. The van der Waals surface area contributed by atoms with Crippen molar-refractivity contribution in [3.05, 3.63) is 82.3 Å². The number of hydrogen-bond donors (Lipinski definition) is 1. The first-order chi connectivity index (χ1) is 12.4. The molecule has 0 aromatic heterocycles. The molecule has 1 atom stereocenters. The van der Waals surface area contributed by atoms with Crippen LogP contribution in [0.3, 0.4) is 0 Å². The molecular weight excluding hydrogens is 414 g/mol. The van der Waals surface area contributed by atoms with Crippen molar-refractivity contribution < 1.29 is 13.2 Å². The number of ether oxygens (including phenoxy) is 1. The van der Waals surface area contributed by atoms with E-state index in [1.165, 1.54) is 0 Å². The van der Waals surface area contributed by atoms with Crippen LogP contribution in [0, 0.1) is 0 Å². The fourth-order valence-electron chi connectivity index (χ4n) is 3.20. The highest BCUT2D eigenvalue weighted by molar-refractivity contribution is 9.10. The van der Waals surface area contributed by atoms with E-state index in [9.17, 15) is 8.42 Å². The summed E-state index contributed by atoms with van der Waals surface area (Å²) < 4.78 is 33.0. The summed E-state index contributed by atoms with van der Waals surface area (Å²) in [5.41, 5.74) is 4.41. The number of sulfonamides is 1. The van der Waals surface area contributed by atoms with Crippen molar-refractivity contribution in [3.63, 3.8) is 0 Å². The molecule has 0 saturated carbocycles. The zero-order valence-corrected chi connectivity index (χ0v) is 16.3. The van der Waals surface area contributed by atoms with E-state index in [-0.39, 0.29) is 6.10 Å². The molecule has 26 heavy (non-hydrogen) atoms. The second kappa shape index (κ2) is 6.45. The van der Waals surface area contributed by atoms with Gasteiger partial charge in [-0.25, -0.2) is 8.42 Å². The summed E-state index contributed by atoms with van der Waals surface area (Å²) in [6.45, 7) is 0. The number of rotatable bonds is 3. The molecule has 4 rings (SSSR count). The van der Waals surface area contributed by atoms with Gasteiger partial charge in [0, 0.05) is 15.6 Å². The van der Waals surface area contributed by atoms with Crippen LogP contribution in [0.25, 0.3) is 11.1 Å². The predicted octanol–water partition coefficient (Wildman–Crippen LogP) is 4.97. The first kappa shape index (κ1) is 17.1. The smallest absolute Gasteiger partial charge is 0.229 e. The molecule has 0 amide bonds. The Morgan fingerprint density at radius 1 is 0.923 bits per heavy atom. The third-order valence-corrected chi connectivity index (χ3v) is 5.71. The minimum atomic E-state index is -3.39. The van der Waals surface area contributed by atoms with Gasteiger partial charge in [0.05, 0.1) is 11.9 Å². The molecule has 0 bridgehead atoms. The Morgan fingerprint density at radius 2 is 1.62 bits per heavy atom. The van der Waals surface area contributed by atoms with Gasteiger partial charge in [0.15, 0.2) is 6.10 Å². The molecule has 3 aromatic rings. The van der Waals surface area contributed by atoms with Crippen molar-refractivity contribution in [1.29, 1.82) is 0 Å². The van der Waals surface area contributed by atoms with Crippen LogP contribution >= 0.6 is 15.9 Å². The van der Waals surface area contributed by atoms with Crippen LogP contribution in [0.15, 0.2) is 71.2 Å². The van der Waals surface area contributed by atoms with E-state index in [1.807, 2.05) is 60.7 Å². The maximum atomic E-state index is 11.7. The molecule has 1 aliphatic heterocycles. The average molecular weight is 430 g/mol. The van der Waals surface area contributed by atoms with Gasteiger partial charge in [0.1, 0.15) is 5.75 Å². The van der Waals surface area contributed by atoms with E-state index in [0.717, 1.165) is 34.3 Å². The summed E-state index contributed by atoms with van der Waals surface area (Å²) in [5, 5.41) is 0. The number of halogens is 1. The maximum Gasteiger partial charge on any atom is 0.229 e. The highest BCUT2D eigenvalue weighted by atomic mass is 79.9. The molecule has 0 radical (unpaired) electrons. The van der Waals surface area contributed by atoms with Gasteiger partial charge < -0.3 is 4.74 Å². The van der Waals surface area contributed by atoms with E-state index in [0.29, 0.717) is 10.2 Å². The van der Waals surface area contributed by atoms with Gasteiger partial charge in [0.25, 0.3) is 0 Å². The molecule has 1 heterocycles. The zero-order valence-electron chi connectivity index (χ0n) is 13.9. The first-order valence-electron chi connectivity index (χ1n) is 8.05. The second-order valence-electron chi connectivity index (χ2n) is 6.17. The van der Waals surface area contributed by atoms with Crippen LogP contribution in [0.4, 0.5) is 5.69 Å². The maximum absolute atomic E-state index is 11.7. The standard InChI is InChI=1S/C20H16BrNO3S/c1-26(23,24)22-16-12-11-15-14-9-5-6-10-17(14)25-20(18(15)19(16)21)13-7-3-2-4-8-13/h2-12,20,22H,1H3. The van der Waals surface area contributed by atoms with Crippen molar-refractivity contribution >= 4 is 31.6 Å². The molecule has 0 fully saturated rings. The number of hydrogen-bond acceptors (Lipinski definition) is 3. The Kier molecular flexibility index (Phi) is 4.25. The van der Waals surface area contributed by atoms with Crippen LogP contribution < -0.4 is 9.46 Å². The molecule has 3 aromatic carbocycles. The van der Waals surface area contributed by atoms with Crippen LogP contribution in [0.5, 0.6) is 5.75 Å². The Hall–Kier alpha value is -2.31. The minimum absolute atomic E-state index is 0.336. The molecular formula is C20H16BrNO3S. The van der Waals surface area contributed by atoms with Crippen LogP contribution in [-0.2, 0) is 10.0 Å². The van der Waals surface area contributed by atoms with Gasteiger partial charge in [-0.3, -0.25) is 4.72 Å². The minimum Gasteiger partial charge on any atom is -0.480 e. The number of nitrogens with one attached hydrogen (secondary N) is 1. The summed E-state index contributed by atoms with van der Waals surface area (Å²) in [6.07, 6.45) is 0.802. The van der Waals surface area contributed by atoms with Crippen molar-refractivity contribution in [2.24, 2.45) is 0 Å². The van der Waals surface area contributed by atoms with Crippen LogP contribution in [0.2, 0.25) is 0 Å². The Bertz CT molecular complexity index is 1080. The molecule has 132 valence electrons. The van der Waals surface area contributed by atoms with Gasteiger partial charge in [-0.1, -0.05) is 54.6 Å². The SMILES string of the molecule is CS(=O)(=O)Nc1ccc2c(c1Br)C(c1ccccc1)Oc1ccccc1-2. The topological polar surface area (TPSA) is 55.4 Å². The van der Waals surface area contributed by atoms with Crippen molar-refractivity contribution in [3.8, 4) is 16.9 Å². The largest absolute Gasteiger partial charge is 0.480 e. The molecule has 0 saturated heterocycles. The molecule has 1 aliphatic rings. The van der Waals surface area contributed by atoms with Gasteiger partial charge in [-0.2, -0.15) is 0 Å². The Morgan fingerprint density at radius 3 is 2.35 bits per heavy atom. The van der Waals surface area contributed by atoms with E-state index in [1.54, 1.807) is 6.07 Å². The predicted molar refractivity (Wildman–Crippen MR) is 107 cm³/mol. The highest BCUT2D eigenvalue weighted by Crippen LogP contribution is 2.49.